The molecule has 0 heterocycles. The van der Waals surface area contributed by atoms with Crippen LogP contribution >= 0.6 is 0 Å². The maximum Gasteiger partial charge on any atom is 0.274 e. The van der Waals surface area contributed by atoms with Gasteiger partial charge < -0.3 is 0 Å². The predicted octanol–water partition coefficient (Wildman–Crippen LogP) is 1.18. The van der Waals surface area contributed by atoms with Crippen molar-refractivity contribution in [3.8, 4) is 0 Å². The SMILES string of the molecule is CC(C)Cc1cccc(CNS(N)(=O)=O)c1. The fourth-order valence-electron chi connectivity index (χ4n) is 1.52. The largest absolute Gasteiger partial charge is 0.274 e. The molecule has 3 N–H and O–H groups in total. The molecule has 0 aromatic heterocycles. The minimum atomic E-state index is -3.61. The fraction of sp³-hybridized carbons (Fsp3) is 0.455. The van der Waals surface area contributed by atoms with E-state index >= 15 is 0 Å². The standard InChI is InChI=1S/C11H18N2O2S/c1-9(2)6-10-4-3-5-11(7-10)8-13-16(12,14)15/h3-5,7,9,13H,6,8H2,1-2H3,(H2,12,14,15). The van der Waals surface area contributed by atoms with Gasteiger partial charge in [0.2, 0.25) is 0 Å². The van der Waals surface area contributed by atoms with Gasteiger partial charge in [0.25, 0.3) is 10.2 Å². The molecule has 0 unspecified atom stereocenters. The van der Waals surface area contributed by atoms with Gasteiger partial charge in [-0.3, -0.25) is 0 Å². The topological polar surface area (TPSA) is 72.2 Å². The van der Waals surface area contributed by atoms with E-state index in [1.165, 1.54) is 5.56 Å². The quantitative estimate of drug-likeness (QED) is 0.813. The zero-order valence-corrected chi connectivity index (χ0v) is 10.4. The van der Waals surface area contributed by atoms with Crippen molar-refractivity contribution in [3.63, 3.8) is 0 Å². The summed E-state index contributed by atoms with van der Waals surface area (Å²) in [7, 11) is -3.61. The van der Waals surface area contributed by atoms with Gasteiger partial charge in [-0.2, -0.15) is 13.1 Å². The van der Waals surface area contributed by atoms with Crippen LogP contribution in [-0.4, -0.2) is 8.42 Å². The van der Waals surface area contributed by atoms with E-state index in [1.807, 2.05) is 24.3 Å². The third-order valence-electron chi connectivity index (χ3n) is 2.11. The predicted molar refractivity (Wildman–Crippen MR) is 64.9 cm³/mol. The second kappa shape index (κ2) is 5.43. The van der Waals surface area contributed by atoms with Gasteiger partial charge >= 0.3 is 0 Å². The molecular formula is C11H18N2O2S. The minimum absolute atomic E-state index is 0.241. The highest BCUT2D eigenvalue weighted by molar-refractivity contribution is 7.87. The van der Waals surface area contributed by atoms with Gasteiger partial charge in [0, 0.05) is 6.54 Å². The lowest BCUT2D eigenvalue weighted by atomic mass is 10.0. The lowest BCUT2D eigenvalue weighted by molar-refractivity contribution is 0.583. The average molecular weight is 242 g/mol. The van der Waals surface area contributed by atoms with Crippen molar-refractivity contribution in [1.29, 1.82) is 0 Å². The van der Waals surface area contributed by atoms with Crippen molar-refractivity contribution >= 4 is 10.2 Å². The molecule has 0 fully saturated rings. The summed E-state index contributed by atoms with van der Waals surface area (Å²) in [5, 5.41) is 4.86. The Balaban J connectivity index is 2.67. The molecule has 1 aromatic rings. The monoisotopic (exact) mass is 242 g/mol. The van der Waals surface area contributed by atoms with Crippen molar-refractivity contribution < 1.29 is 8.42 Å². The first-order chi connectivity index (χ1) is 7.37. The summed E-state index contributed by atoms with van der Waals surface area (Å²) in [5.74, 6) is 0.585. The van der Waals surface area contributed by atoms with Crippen LogP contribution in [0.5, 0.6) is 0 Å². The number of nitrogens with one attached hydrogen (secondary N) is 1. The number of benzene rings is 1. The number of hydrogen-bond acceptors (Lipinski definition) is 2. The van der Waals surface area contributed by atoms with E-state index < -0.39 is 10.2 Å². The van der Waals surface area contributed by atoms with Crippen molar-refractivity contribution in [2.45, 2.75) is 26.8 Å². The number of rotatable bonds is 5. The van der Waals surface area contributed by atoms with Crippen LogP contribution in [0, 0.1) is 5.92 Å². The lowest BCUT2D eigenvalue weighted by Gasteiger charge is -2.07. The Hall–Kier alpha value is -0.910. The third-order valence-corrected chi connectivity index (χ3v) is 2.66. The van der Waals surface area contributed by atoms with E-state index in [9.17, 15) is 8.42 Å². The van der Waals surface area contributed by atoms with Crippen molar-refractivity contribution in [2.24, 2.45) is 11.1 Å². The van der Waals surface area contributed by atoms with Crippen LogP contribution in [0.25, 0.3) is 0 Å². The van der Waals surface area contributed by atoms with Crippen LogP contribution in [-0.2, 0) is 23.2 Å². The fourth-order valence-corrected chi connectivity index (χ4v) is 1.89. The Morgan fingerprint density at radius 2 is 1.94 bits per heavy atom. The summed E-state index contributed by atoms with van der Waals surface area (Å²) in [6.45, 7) is 4.54. The van der Waals surface area contributed by atoms with Gasteiger partial charge in [0.1, 0.15) is 0 Å². The van der Waals surface area contributed by atoms with E-state index in [0.717, 1.165) is 12.0 Å². The second-order valence-electron chi connectivity index (χ2n) is 4.28. The average Bonchev–Trinajstić information content (AvgIpc) is 2.13. The van der Waals surface area contributed by atoms with Crippen LogP contribution in [0.3, 0.4) is 0 Å². The van der Waals surface area contributed by atoms with E-state index in [4.69, 9.17) is 5.14 Å². The zero-order valence-electron chi connectivity index (χ0n) is 9.60. The molecule has 0 saturated heterocycles. The molecule has 0 amide bonds. The summed E-state index contributed by atoms with van der Waals surface area (Å²) >= 11 is 0. The molecule has 0 spiro atoms. The van der Waals surface area contributed by atoms with Crippen LogP contribution in [0.4, 0.5) is 0 Å². The first-order valence-corrected chi connectivity index (χ1v) is 6.76. The molecule has 1 rings (SSSR count). The van der Waals surface area contributed by atoms with Crippen LogP contribution in [0.2, 0.25) is 0 Å². The molecular weight excluding hydrogens is 224 g/mol. The number of nitrogens with two attached hydrogens (primary N) is 1. The Morgan fingerprint density at radius 3 is 2.50 bits per heavy atom. The van der Waals surface area contributed by atoms with E-state index in [-0.39, 0.29) is 6.54 Å². The first-order valence-electron chi connectivity index (χ1n) is 5.22. The summed E-state index contributed by atoms with van der Waals surface area (Å²) in [6, 6.07) is 7.85. The molecule has 16 heavy (non-hydrogen) atoms. The molecule has 0 radical (unpaired) electrons. The van der Waals surface area contributed by atoms with Gasteiger partial charge in [-0.1, -0.05) is 38.1 Å². The summed E-state index contributed by atoms with van der Waals surface area (Å²) in [4.78, 5) is 0. The van der Waals surface area contributed by atoms with Crippen LogP contribution < -0.4 is 9.86 Å². The normalized spacial score (nSPS) is 12.0. The van der Waals surface area contributed by atoms with E-state index in [0.29, 0.717) is 5.92 Å². The summed E-state index contributed by atoms with van der Waals surface area (Å²) in [6.07, 6.45) is 0.989. The van der Waals surface area contributed by atoms with Crippen molar-refractivity contribution in [3.05, 3.63) is 35.4 Å². The molecule has 0 bridgehead atoms. The summed E-state index contributed by atoms with van der Waals surface area (Å²) in [5.41, 5.74) is 2.14. The molecule has 0 atom stereocenters. The minimum Gasteiger partial charge on any atom is -0.216 e. The maximum atomic E-state index is 10.7. The highest BCUT2D eigenvalue weighted by atomic mass is 32.2. The second-order valence-corrected chi connectivity index (χ2v) is 5.66. The van der Waals surface area contributed by atoms with E-state index in [2.05, 4.69) is 18.6 Å². The van der Waals surface area contributed by atoms with Crippen molar-refractivity contribution in [1.82, 2.24) is 4.72 Å². The van der Waals surface area contributed by atoms with Gasteiger partial charge in [0.15, 0.2) is 0 Å². The molecule has 0 aliphatic heterocycles. The first kappa shape index (κ1) is 13.2. The third kappa shape index (κ3) is 5.25. The highest BCUT2D eigenvalue weighted by Crippen LogP contribution is 2.10. The van der Waals surface area contributed by atoms with Gasteiger partial charge in [-0.15, -0.1) is 0 Å². The Bertz CT molecular complexity index is 441. The van der Waals surface area contributed by atoms with Crippen LogP contribution in [0.1, 0.15) is 25.0 Å². The van der Waals surface area contributed by atoms with E-state index in [1.54, 1.807) is 0 Å². The Labute approximate surface area is 97.0 Å². The van der Waals surface area contributed by atoms with Gasteiger partial charge in [-0.05, 0) is 23.5 Å². The smallest absolute Gasteiger partial charge is 0.216 e. The lowest BCUT2D eigenvalue weighted by Crippen LogP contribution is -2.30. The Morgan fingerprint density at radius 1 is 1.31 bits per heavy atom. The molecule has 5 heteroatoms. The highest BCUT2D eigenvalue weighted by Gasteiger charge is 2.03. The van der Waals surface area contributed by atoms with Gasteiger partial charge in [-0.25, -0.2) is 5.14 Å². The molecule has 0 saturated carbocycles. The maximum absolute atomic E-state index is 10.7. The molecule has 0 aliphatic carbocycles. The Kier molecular flexibility index (Phi) is 4.46. The zero-order chi connectivity index (χ0) is 12.2. The molecule has 0 aliphatic rings. The molecule has 90 valence electrons. The molecule has 1 aromatic carbocycles. The number of hydrogen-bond donors (Lipinski definition) is 2. The van der Waals surface area contributed by atoms with Gasteiger partial charge in [0.05, 0.1) is 0 Å². The van der Waals surface area contributed by atoms with Crippen LogP contribution in [0.15, 0.2) is 24.3 Å². The summed E-state index contributed by atoms with van der Waals surface area (Å²) < 4.78 is 23.7. The molecule has 4 nitrogen and oxygen atoms in total. The van der Waals surface area contributed by atoms with Crippen molar-refractivity contribution in [2.75, 3.05) is 0 Å².